The second-order valence-corrected chi connectivity index (χ2v) is 7.51. The Morgan fingerprint density at radius 3 is 2.53 bits per heavy atom. The third kappa shape index (κ3) is 4.20. The average molecular weight is 431 g/mol. The fourth-order valence-electron chi connectivity index (χ4n) is 3.40. The number of hydrogen-bond acceptors (Lipinski definition) is 5. The number of rotatable bonds is 4. The van der Waals surface area contributed by atoms with Crippen LogP contribution in [0, 0.1) is 12.7 Å². The van der Waals surface area contributed by atoms with Gasteiger partial charge in [-0.25, -0.2) is 14.8 Å². The first kappa shape index (κ1) is 21.2. The molecule has 2 heterocycles. The largest absolute Gasteiger partial charge is 0.443 e. The van der Waals surface area contributed by atoms with Crippen molar-refractivity contribution in [3.63, 3.8) is 0 Å². The van der Waals surface area contributed by atoms with E-state index in [9.17, 15) is 9.18 Å². The van der Waals surface area contributed by atoms with Crippen LogP contribution in [0.5, 0.6) is 0 Å². The van der Waals surface area contributed by atoms with Gasteiger partial charge in [-0.3, -0.25) is 9.78 Å². The van der Waals surface area contributed by atoms with Gasteiger partial charge in [-0.15, -0.1) is 5.10 Å². The van der Waals surface area contributed by atoms with Gasteiger partial charge in [0.2, 0.25) is 11.6 Å². The lowest BCUT2D eigenvalue weighted by atomic mass is 10.0. The Balaban J connectivity index is 1.66. The van der Waals surface area contributed by atoms with Crippen molar-refractivity contribution in [1.29, 1.82) is 0 Å². The van der Waals surface area contributed by atoms with Crippen molar-refractivity contribution in [2.24, 2.45) is 10.2 Å². The normalized spacial score (nSPS) is 18.2. The van der Waals surface area contributed by atoms with Crippen LogP contribution in [0.15, 0.2) is 83.3 Å². The first-order chi connectivity index (χ1) is 15.4. The van der Waals surface area contributed by atoms with Crippen molar-refractivity contribution in [2.75, 3.05) is 0 Å². The number of aromatic nitrogens is 1. The monoisotopic (exact) mass is 431 g/mol. The number of nitrogens with zero attached hydrogens (tertiary/aromatic N) is 4. The van der Waals surface area contributed by atoms with Crippen LogP contribution in [-0.4, -0.2) is 27.6 Å². The lowest BCUT2D eigenvalue weighted by Crippen LogP contribution is -2.42. The molecule has 1 amide bonds. The number of hydrazone groups is 2. The van der Waals surface area contributed by atoms with Gasteiger partial charge in [0.15, 0.2) is 0 Å². The highest BCUT2D eigenvalue weighted by atomic mass is 19.1. The fourth-order valence-corrected chi connectivity index (χ4v) is 3.40. The van der Waals surface area contributed by atoms with E-state index < -0.39 is 5.72 Å². The van der Waals surface area contributed by atoms with Crippen LogP contribution in [0.2, 0.25) is 0 Å². The number of amidine groups is 1. The van der Waals surface area contributed by atoms with E-state index in [1.54, 1.807) is 67.6 Å². The smallest absolute Gasteiger partial charge is 0.271 e. The van der Waals surface area contributed by atoms with E-state index in [0.717, 1.165) is 11.1 Å². The molecule has 8 heteroatoms. The SMILES string of the molecule is C/C(=N\NC(=O)c1cccc(C)c1)N1N=C(c2ccncc2)OC1(C)c1ccc(F)cc1. The Hall–Kier alpha value is -4.07. The van der Waals surface area contributed by atoms with Crippen molar-refractivity contribution >= 4 is 17.6 Å². The minimum absolute atomic E-state index is 0.338. The number of benzene rings is 2. The van der Waals surface area contributed by atoms with Crippen LogP contribution in [0.3, 0.4) is 0 Å². The van der Waals surface area contributed by atoms with Crippen molar-refractivity contribution in [1.82, 2.24) is 15.4 Å². The summed E-state index contributed by atoms with van der Waals surface area (Å²) >= 11 is 0. The van der Waals surface area contributed by atoms with E-state index in [-0.39, 0.29) is 11.7 Å². The van der Waals surface area contributed by atoms with Crippen molar-refractivity contribution in [3.05, 3.63) is 101 Å². The minimum atomic E-state index is -1.10. The highest BCUT2D eigenvalue weighted by Gasteiger charge is 2.44. The number of halogens is 1. The average Bonchev–Trinajstić information content (AvgIpc) is 3.17. The molecule has 1 aliphatic heterocycles. The summed E-state index contributed by atoms with van der Waals surface area (Å²) in [5.41, 5.74) is 4.34. The number of pyridine rings is 1. The zero-order valence-electron chi connectivity index (χ0n) is 17.9. The minimum Gasteiger partial charge on any atom is -0.443 e. The molecule has 1 unspecified atom stereocenters. The summed E-state index contributed by atoms with van der Waals surface area (Å²) < 4.78 is 19.8. The van der Waals surface area contributed by atoms with E-state index in [1.165, 1.54) is 12.1 Å². The molecule has 0 aliphatic carbocycles. The molecule has 32 heavy (non-hydrogen) atoms. The number of amides is 1. The highest BCUT2D eigenvalue weighted by molar-refractivity contribution is 5.98. The summed E-state index contributed by atoms with van der Waals surface area (Å²) in [5, 5.41) is 10.4. The molecular weight excluding hydrogens is 409 g/mol. The third-order valence-corrected chi connectivity index (χ3v) is 5.10. The molecule has 0 saturated heterocycles. The summed E-state index contributed by atoms with van der Waals surface area (Å²) in [6.45, 7) is 5.43. The Kier molecular flexibility index (Phi) is 5.68. The van der Waals surface area contributed by atoms with Crippen LogP contribution in [0.4, 0.5) is 4.39 Å². The Morgan fingerprint density at radius 2 is 1.84 bits per heavy atom. The third-order valence-electron chi connectivity index (χ3n) is 5.10. The summed E-state index contributed by atoms with van der Waals surface area (Å²) in [4.78, 5) is 16.5. The van der Waals surface area contributed by atoms with Crippen LogP contribution >= 0.6 is 0 Å². The maximum Gasteiger partial charge on any atom is 0.271 e. The summed E-state index contributed by atoms with van der Waals surface area (Å²) in [6, 6.07) is 16.8. The van der Waals surface area contributed by atoms with Gasteiger partial charge >= 0.3 is 0 Å². The van der Waals surface area contributed by atoms with Gasteiger partial charge in [0.1, 0.15) is 11.7 Å². The van der Waals surface area contributed by atoms with Gasteiger partial charge in [0.05, 0.1) is 0 Å². The zero-order valence-corrected chi connectivity index (χ0v) is 17.9. The standard InChI is InChI=1S/C24H22FN5O2/c1-16-5-4-6-19(15-16)22(31)28-27-17(2)30-24(3,20-7-9-21(25)10-8-20)32-23(29-30)18-11-13-26-14-12-18/h4-15H,1-3H3,(H,28,31)/b27-17+. The number of hydrogen-bond donors (Lipinski definition) is 1. The first-order valence-electron chi connectivity index (χ1n) is 10.0. The molecule has 1 aliphatic rings. The summed E-state index contributed by atoms with van der Waals surface area (Å²) in [7, 11) is 0. The second-order valence-electron chi connectivity index (χ2n) is 7.51. The van der Waals surface area contributed by atoms with E-state index in [4.69, 9.17) is 4.74 Å². The molecule has 0 fully saturated rings. The van der Waals surface area contributed by atoms with Crippen LogP contribution < -0.4 is 5.43 Å². The zero-order chi connectivity index (χ0) is 22.7. The van der Waals surface area contributed by atoms with E-state index in [0.29, 0.717) is 22.9 Å². The van der Waals surface area contributed by atoms with Crippen molar-refractivity contribution < 1.29 is 13.9 Å². The molecule has 0 radical (unpaired) electrons. The summed E-state index contributed by atoms with van der Waals surface area (Å²) in [6.07, 6.45) is 3.28. The molecule has 3 aromatic rings. The molecule has 2 aromatic carbocycles. The lowest BCUT2D eigenvalue weighted by Gasteiger charge is -2.32. The number of ether oxygens (including phenoxy) is 1. The van der Waals surface area contributed by atoms with Gasteiger partial charge in [-0.1, -0.05) is 29.8 Å². The number of carbonyl (C=O) groups is 1. The quantitative estimate of drug-likeness (QED) is 0.382. The molecule has 0 saturated carbocycles. The predicted molar refractivity (Wildman–Crippen MR) is 119 cm³/mol. The van der Waals surface area contributed by atoms with Gasteiger partial charge in [-0.2, -0.15) is 5.10 Å². The second kappa shape index (κ2) is 8.58. The maximum atomic E-state index is 13.5. The molecule has 1 N–H and O–H groups in total. The van der Waals surface area contributed by atoms with Gasteiger partial charge in [0, 0.05) is 36.0 Å². The van der Waals surface area contributed by atoms with Gasteiger partial charge < -0.3 is 4.74 Å². The molecule has 7 nitrogen and oxygen atoms in total. The Bertz CT molecular complexity index is 1190. The van der Waals surface area contributed by atoms with E-state index in [2.05, 4.69) is 20.6 Å². The van der Waals surface area contributed by atoms with Crippen molar-refractivity contribution in [2.45, 2.75) is 26.5 Å². The van der Waals surface area contributed by atoms with E-state index in [1.807, 2.05) is 19.1 Å². The molecule has 1 atom stereocenters. The van der Waals surface area contributed by atoms with Gasteiger partial charge in [0.25, 0.3) is 5.91 Å². The molecule has 162 valence electrons. The Labute approximate surface area is 185 Å². The van der Waals surface area contributed by atoms with Crippen LogP contribution in [0.25, 0.3) is 0 Å². The predicted octanol–water partition coefficient (Wildman–Crippen LogP) is 4.16. The van der Waals surface area contributed by atoms with E-state index >= 15 is 0 Å². The number of carbonyl (C=O) groups excluding carboxylic acids is 1. The Morgan fingerprint density at radius 1 is 1.12 bits per heavy atom. The van der Waals surface area contributed by atoms with Crippen molar-refractivity contribution in [3.8, 4) is 0 Å². The van der Waals surface area contributed by atoms with Crippen LogP contribution in [0.1, 0.15) is 40.9 Å². The van der Waals surface area contributed by atoms with Gasteiger partial charge in [-0.05, 0) is 50.2 Å². The maximum absolute atomic E-state index is 13.5. The molecule has 4 rings (SSSR count). The molecule has 0 bridgehead atoms. The number of aryl methyl sites for hydroxylation is 1. The topological polar surface area (TPSA) is 79.2 Å². The molecule has 1 aromatic heterocycles. The summed E-state index contributed by atoms with van der Waals surface area (Å²) in [5.74, 6) is 0.0589. The lowest BCUT2D eigenvalue weighted by molar-refractivity contribution is -0.0103. The fraction of sp³-hybridized carbons (Fsp3) is 0.167. The number of nitrogens with one attached hydrogen (secondary N) is 1. The first-order valence-corrected chi connectivity index (χ1v) is 10.0. The highest BCUT2D eigenvalue weighted by Crippen LogP contribution is 2.36. The molecule has 0 spiro atoms. The van der Waals surface area contributed by atoms with Crippen LogP contribution in [-0.2, 0) is 10.5 Å². The molecular formula is C24H22FN5O2.